The van der Waals surface area contributed by atoms with E-state index in [1.807, 2.05) is 28.9 Å². The fraction of sp³-hybridized carbons (Fsp3) is 0.400. The molecule has 0 bridgehead atoms. The number of hydrogen-bond donors (Lipinski definition) is 1. The molecule has 1 fully saturated rings. The Balaban J connectivity index is 1.81. The lowest BCUT2D eigenvalue weighted by molar-refractivity contribution is 0.324. The second kappa shape index (κ2) is 7.44. The van der Waals surface area contributed by atoms with E-state index in [1.54, 1.807) is 21.3 Å². The number of nitrogens with zero attached hydrogens (tertiary/aromatic N) is 3. The number of fused-ring (bicyclic) bond motifs is 1. The first kappa shape index (κ1) is 17.6. The summed E-state index contributed by atoms with van der Waals surface area (Å²) in [6.45, 7) is 2.05. The zero-order valence-electron chi connectivity index (χ0n) is 15.9. The van der Waals surface area contributed by atoms with E-state index in [0.717, 1.165) is 36.4 Å². The molecule has 0 radical (unpaired) electrons. The van der Waals surface area contributed by atoms with Crippen LogP contribution in [-0.4, -0.2) is 49.0 Å². The predicted molar refractivity (Wildman–Crippen MR) is 103 cm³/mol. The van der Waals surface area contributed by atoms with Crippen molar-refractivity contribution in [3.8, 4) is 28.5 Å². The molecule has 0 aliphatic carbocycles. The molecule has 142 valence electrons. The van der Waals surface area contributed by atoms with Gasteiger partial charge in [-0.2, -0.15) is 5.10 Å². The van der Waals surface area contributed by atoms with E-state index in [0.29, 0.717) is 23.2 Å². The van der Waals surface area contributed by atoms with Gasteiger partial charge in [0.15, 0.2) is 17.1 Å². The molecule has 0 amide bonds. The Bertz CT molecular complexity index is 923. The van der Waals surface area contributed by atoms with Crippen LogP contribution in [0.15, 0.2) is 30.5 Å². The summed E-state index contributed by atoms with van der Waals surface area (Å²) in [6.07, 6.45) is 4.20. The normalized spacial score (nSPS) is 17.1. The number of aromatic nitrogens is 3. The first-order chi connectivity index (χ1) is 13.2. The van der Waals surface area contributed by atoms with E-state index < -0.39 is 0 Å². The van der Waals surface area contributed by atoms with Gasteiger partial charge in [-0.1, -0.05) is 0 Å². The Morgan fingerprint density at radius 1 is 1.07 bits per heavy atom. The molecule has 3 aromatic rings. The molecule has 1 N–H and O–H groups in total. The minimum Gasteiger partial charge on any atom is -0.493 e. The summed E-state index contributed by atoms with van der Waals surface area (Å²) in [5, 5.41) is 8.31. The maximum Gasteiger partial charge on any atom is 0.203 e. The zero-order chi connectivity index (χ0) is 18.8. The molecule has 0 spiro atoms. The van der Waals surface area contributed by atoms with E-state index in [-0.39, 0.29) is 0 Å². The molecule has 1 atom stereocenters. The number of piperidine rings is 1. The van der Waals surface area contributed by atoms with Crippen LogP contribution in [0.25, 0.3) is 16.9 Å². The summed E-state index contributed by atoms with van der Waals surface area (Å²) in [4.78, 5) is 4.49. The van der Waals surface area contributed by atoms with Gasteiger partial charge in [-0.3, -0.25) is 0 Å². The molecule has 27 heavy (non-hydrogen) atoms. The van der Waals surface area contributed by atoms with Gasteiger partial charge in [-0.15, -0.1) is 0 Å². The van der Waals surface area contributed by atoms with E-state index >= 15 is 0 Å². The Morgan fingerprint density at radius 3 is 2.48 bits per heavy atom. The Kier molecular flexibility index (Phi) is 4.85. The van der Waals surface area contributed by atoms with Gasteiger partial charge >= 0.3 is 0 Å². The minimum absolute atomic E-state index is 0.442. The highest BCUT2D eigenvalue weighted by molar-refractivity contribution is 5.71. The predicted octanol–water partition coefficient (Wildman–Crippen LogP) is 2.89. The first-order valence-corrected chi connectivity index (χ1v) is 9.11. The molecule has 3 heterocycles. The monoisotopic (exact) mass is 368 g/mol. The molecular formula is C20H24N4O3. The highest BCUT2D eigenvalue weighted by atomic mass is 16.5. The number of methoxy groups -OCH3 is 3. The van der Waals surface area contributed by atoms with E-state index in [4.69, 9.17) is 19.3 Å². The minimum atomic E-state index is 0.442. The van der Waals surface area contributed by atoms with Crippen LogP contribution in [0, 0.1) is 0 Å². The average Bonchev–Trinajstić information content (AvgIpc) is 3.17. The van der Waals surface area contributed by atoms with Gasteiger partial charge in [0.05, 0.1) is 32.7 Å². The average molecular weight is 368 g/mol. The molecule has 0 unspecified atom stereocenters. The SMILES string of the molecule is COc1cc(-c2cc3nccc([C@@H]4CCCNC4)n3n2)cc(OC)c1OC. The third kappa shape index (κ3) is 3.19. The largest absolute Gasteiger partial charge is 0.493 e. The van der Waals surface area contributed by atoms with Crippen LogP contribution >= 0.6 is 0 Å². The second-order valence-corrected chi connectivity index (χ2v) is 6.63. The molecule has 7 heteroatoms. The zero-order valence-corrected chi connectivity index (χ0v) is 15.9. The molecule has 7 nitrogen and oxygen atoms in total. The maximum atomic E-state index is 5.47. The van der Waals surface area contributed by atoms with Crippen molar-refractivity contribution in [2.75, 3.05) is 34.4 Å². The van der Waals surface area contributed by atoms with Crippen molar-refractivity contribution in [2.45, 2.75) is 18.8 Å². The topological polar surface area (TPSA) is 69.9 Å². The van der Waals surface area contributed by atoms with Crippen LogP contribution in [0.4, 0.5) is 0 Å². The summed E-state index contributed by atoms with van der Waals surface area (Å²) in [5.74, 6) is 2.22. The highest BCUT2D eigenvalue weighted by Crippen LogP contribution is 2.41. The Labute approximate surface area is 158 Å². The van der Waals surface area contributed by atoms with Crippen molar-refractivity contribution in [2.24, 2.45) is 0 Å². The molecule has 4 rings (SSSR count). The summed E-state index contributed by atoms with van der Waals surface area (Å²) in [5.41, 5.74) is 3.73. The molecule has 1 aliphatic heterocycles. The lowest BCUT2D eigenvalue weighted by Gasteiger charge is -2.23. The molecule has 1 saturated heterocycles. The first-order valence-electron chi connectivity index (χ1n) is 9.11. The van der Waals surface area contributed by atoms with Gasteiger partial charge in [0, 0.05) is 30.3 Å². The third-order valence-electron chi connectivity index (χ3n) is 5.06. The van der Waals surface area contributed by atoms with Crippen LogP contribution in [0.2, 0.25) is 0 Å². The van der Waals surface area contributed by atoms with Crippen molar-refractivity contribution in [3.05, 3.63) is 36.2 Å². The fourth-order valence-corrected chi connectivity index (χ4v) is 3.70. The lowest BCUT2D eigenvalue weighted by atomic mass is 9.96. The molecule has 1 aliphatic rings. The van der Waals surface area contributed by atoms with Crippen molar-refractivity contribution in [1.29, 1.82) is 0 Å². The molecule has 2 aromatic heterocycles. The van der Waals surface area contributed by atoms with Crippen LogP contribution < -0.4 is 19.5 Å². The standard InChI is InChI=1S/C20H24N4O3/c1-25-17-9-14(10-18(26-2)20(17)27-3)15-11-19-22-8-6-16(24(19)23-15)13-5-4-7-21-12-13/h6,8-11,13,21H,4-5,7,12H2,1-3H3/t13-/m1/s1. The van der Waals surface area contributed by atoms with E-state index in [2.05, 4.69) is 16.4 Å². The van der Waals surface area contributed by atoms with Crippen LogP contribution in [0.3, 0.4) is 0 Å². The van der Waals surface area contributed by atoms with Crippen LogP contribution in [0.5, 0.6) is 17.2 Å². The second-order valence-electron chi connectivity index (χ2n) is 6.63. The van der Waals surface area contributed by atoms with Crippen LogP contribution in [0.1, 0.15) is 24.5 Å². The van der Waals surface area contributed by atoms with Crippen molar-refractivity contribution < 1.29 is 14.2 Å². The van der Waals surface area contributed by atoms with Gasteiger partial charge in [0.2, 0.25) is 5.75 Å². The molecule has 1 aromatic carbocycles. The number of nitrogens with one attached hydrogen (secondary N) is 1. The van der Waals surface area contributed by atoms with Gasteiger partial charge in [0.1, 0.15) is 0 Å². The number of rotatable bonds is 5. The summed E-state index contributed by atoms with van der Waals surface area (Å²) in [6, 6.07) is 7.87. The number of benzene rings is 1. The quantitative estimate of drug-likeness (QED) is 0.747. The number of hydrogen-bond acceptors (Lipinski definition) is 6. The van der Waals surface area contributed by atoms with Crippen LogP contribution in [-0.2, 0) is 0 Å². The van der Waals surface area contributed by atoms with Gasteiger partial charge in [-0.25, -0.2) is 9.50 Å². The smallest absolute Gasteiger partial charge is 0.203 e. The Morgan fingerprint density at radius 2 is 1.85 bits per heavy atom. The summed E-state index contributed by atoms with van der Waals surface area (Å²) >= 11 is 0. The fourth-order valence-electron chi connectivity index (χ4n) is 3.70. The highest BCUT2D eigenvalue weighted by Gasteiger charge is 2.20. The molecule has 0 saturated carbocycles. The third-order valence-corrected chi connectivity index (χ3v) is 5.06. The maximum absolute atomic E-state index is 5.47. The van der Waals surface area contributed by atoms with Crippen molar-refractivity contribution in [1.82, 2.24) is 19.9 Å². The van der Waals surface area contributed by atoms with Crippen molar-refractivity contribution >= 4 is 5.65 Å². The lowest BCUT2D eigenvalue weighted by Crippen LogP contribution is -2.29. The summed E-state index contributed by atoms with van der Waals surface area (Å²) in [7, 11) is 4.82. The molecular weight excluding hydrogens is 344 g/mol. The van der Waals surface area contributed by atoms with Gasteiger partial charge in [0.25, 0.3) is 0 Å². The van der Waals surface area contributed by atoms with Gasteiger partial charge < -0.3 is 19.5 Å². The van der Waals surface area contributed by atoms with Crippen molar-refractivity contribution in [3.63, 3.8) is 0 Å². The van der Waals surface area contributed by atoms with Gasteiger partial charge in [-0.05, 0) is 37.6 Å². The Hall–Kier alpha value is -2.80. The van der Waals surface area contributed by atoms with E-state index in [1.165, 1.54) is 12.1 Å². The summed E-state index contributed by atoms with van der Waals surface area (Å²) < 4.78 is 18.3. The van der Waals surface area contributed by atoms with E-state index in [9.17, 15) is 0 Å². The number of ether oxygens (including phenoxy) is 3.